The molecule has 3 nitrogen and oxygen atoms in total. The molecule has 1 rings (SSSR count). The maximum absolute atomic E-state index is 5.02. The van der Waals surface area contributed by atoms with E-state index in [1.165, 1.54) is 0 Å². The molecule has 0 aliphatic carbocycles. The second-order valence-electron chi connectivity index (χ2n) is 3.58. The van der Waals surface area contributed by atoms with Crippen LogP contribution in [0.1, 0.15) is 20.8 Å². The molecule has 0 saturated heterocycles. The lowest BCUT2D eigenvalue weighted by molar-refractivity contribution is -0.915. The Morgan fingerprint density at radius 1 is 1.50 bits per heavy atom. The molecule has 0 bridgehead atoms. The van der Waals surface area contributed by atoms with Gasteiger partial charge in [-0.3, -0.25) is 0 Å². The summed E-state index contributed by atoms with van der Waals surface area (Å²) < 4.78 is 5.02. The highest BCUT2D eigenvalue weighted by Gasteiger charge is 2.20. The van der Waals surface area contributed by atoms with Crippen molar-refractivity contribution in [2.24, 2.45) is 5.41 Å². The molecule has 0 saturated carbocycles. The van der Waals surface area contributed by atoms with Gasteiger partial charge in [-0.25, -0.2) is 4.52 Å². The van der Waals surface area contributed by atoms with Gasteiger partial charge >= 0.3 is 0 Å². The molecule has 0 fully saturated rings. The van der Waals surface area contributed by atoms with E-state index < -0.39 is 0 Å². The fraction of sp³-hybridized carbons (Fsp3) is 0.714. The largest absolute Gasteiger partial charge is 0.228 e. The Kier molecular flexibility index (Phi) is 1.74. The van der Waals surface area contributed by atoms with Gasteiger partial charge in [0.15, 0.2) is 6.26 Å². The van der Waals surface area contributed by atoms with Crippen molar-refractivity contribution in [2.45, 2.75) is 27.3 Å². The molecule has 0 amide bonds. The second-order valence-corrected chi connectivity index (χ2v) is 3.58. The first-order chi connectivity index (χ1) is 4.58. The Bertz CT molecular complexity index is 186. The molecule has 0 radical (unpaired) electrons. The molecule has 0 unspecified atom stereocenters. The molecule has 3 heteroatoms. The minimum Gasteiger partial charge on any atom is -0.217 e. The van der Waals surface area contributed by atoms with Gasteiger partial charge in [0.1, 0.15) is 6.20 Å². The van der Waals surface area contributed by atoms with Gasteiger partial charge in [-0.05, 0) is 0 Å². The van der Waals surface area contributed by atoms with E-state index in [0.717, 1.165) is 6.54 Å². The highest BCUT2D eigenvalue weighted by atomic mass is 16.5. The molecule has 0 aliphatic rings. The topological polar surface area (TPSA) is 29.9 Å². The molecule has 1 heterocycles. The van der Waals surface area contributed by atoms with Gasteiger partial charge in [-0.2, -0.15) is 0 Å². The standard InChI is InChI=1S/C7H13N2O/c1-7(2,3)6-9-8-4-5-10-9/h4-5H,6H2,1-3H3/q+1. The lowest BCUT2D eigenvalue weighted by Gasteiger charge is -2.08. The number of nitrogens with zero attached hydrogens (tertiary/aromatic N) is 2. The van der Waals surface area contributed by atoms with Gasteiger partial charge in [0.2, 0.25) is 6.54 Å². The minimum atomic E-state index is 0.232. The highest BCUT2D eigenvalue weighted by molar-refractivity contribution is 4.52. The third-order valence-electron chi connectivity index (χ3n) is 1.05. The summed E-state index contributed by atoms with van der Waals surface area (Å²) in [6.45, 7) is 7.25. The third kappa shape index (κ3) is 2.17. The molecule has 0 N–H and O–H groups in total. The average Bonchev–Trinajstić information content (AvgIpc) is 2.12. The maximum Gasteiger partial charge on any atom is 0.228 e. The van der Waals surface area contributed by atoms with Crippen LogP contribution in [0.15, 0.2) is 17.0 Å². The average molecular weight is 141 g/mol. The van der Waals surface area contributed by atoms with Crippen LogP contribution >= 0.6 is 0 Å². The SMILES string of the molecule is CC(C)(C)C[n+]1ncco1. The van der Waals surface area contributed by atoms with Crippen LogP contribution in [-0.4, -0.2) is 5.10 Å². The van der Waals surface area contributed by atoms with E-state index >= 15 is 0 Å². The molecular formula is C7H13N2O+. The lowest BCUT2D eigenvalue weighted by Crippen LogP contribution is -2.40. The minimum absolute atomic E-state index is 0.232. The molecule has 1 aromatic rings. The van der Waals surface area contributed by atoms with Crippen molar-refractivity contribution < 1.29 is 9.38 Å². The Morgan fingerprint density at radius 3 is 2.60 bits per heavy atom. The van der Waals surface area contributed by atoms with Crippen LogP contribution < -0.4 is 4.85 Å². The molecule has 1 aromatic heterocycles. The normalized spacial score (nSPS) is 11.9. The number of rotatable bonds is 1. The van der Waals surface area contributed by atoms with Crippen molar-refractivity contribution in [3.63, 3.8) is 0 Å². The van der Waals surface area contributed by atoms with E-state index in [-0.39, 0.29) is 5.41 Å². The summed E-state index contributed by atoms with van der Waals surface area (Å²) in [5, 5.41) is 3.95. The Labute approximate surface area is 60.6 Å². The predicted molar refractivity (Wildman–Crippen MR) is 36.2 cm³/mol. The van der Waals surface area contributed by atoms with E-state index in [2.05, 4.69) is 25.9 Å². The van der Waals surface area contributed by atoms with Crippen LogP contribution in [0, 0.1) is 5.41 Å². The van der Waals surface area contributed by atoms with Crippen LogP contribution in [0.5, 0.6) is 0 Å². The predicted octanol–water partition coefficient (Wildman–Crippen LogP) is 1.01. The van der Waals surface area contributed by atoms with E-state index in [1.54, 1.807) is 17.3 Å². The summed E-state index contributed by atoms with van der Waals surface area (Å²) in [6, 6.07) is 0. The molecule has 0 aliphatic heterocycles. The summed E-state index contributed by atoms with van der Waals surface area (Å²) in [5.41, 5.74) is 0.232. The summed E-state index contributed by atoms with van der Waals surface area (Å²) in [7, 11) is 0. The van der Waals surface area contributed by atoms with E-state index in [1.807, 2.05) is 0 Å². The van der Waals surface area contributed by atoms with Crippen LogP contribution in [0.3, 0.4) is 0 Å². The number of hydrogen-bond donors (Lipinski definition) is 0. The summed E-state index contributed by atoms with van der Waals surface area (Å²) in [4.78, 5) is 1.58. The summed E-state index contributed by atoms with van der Waals surface area (Å²) in [5.74, 6) is 0. The smallest absolute Gasteiger partial charge is 0.217 e. The number of aromatic nitrogens is 2. The van der Waals surface area contributed by atoms with Crippen molar-refractivity contribution in [2.75, 3.05) is 0 Å². The second kappa shape index (κ2) is 2.40. The van der Waals surface area contributed by atoms with E-state index in [4.69, 9.17) is 4.52 Å². The lowest BCUT2D eigenvalue weighted by atomic mass is 9.98. The highest BCUT2D eigenvalue weighted by Crippen LogP contribution is 2.11. The van der Waals surface area contributed by atoms with Gasteiger partial charge < -0.3 is 0 Å². The van der Waals surface area contributed by atoms with Crippen molar-refractivity contribution in [1.82, 2.24) is 5.10 Å². The van der Waals surface area contributed by atoms with Crippen LogP contribution in [0.25, 0.3) is 0 Å². The quantitative estimate of drug-likeness (QED) is 0.546. The molecule has 56 valence electrons. The summed E-state index contributed by atoms with van der Waals surface area (Å²) >= 11 is 0. The van der Waals surface area contributed by atoms with Gasteiger partial charge in [0.25, 0.3) is 0 Å². The molecule has 10 heavy (non-hydrogen) atoms. The van der Waals surface area contributed by atoms with Crippen molar-refractivity contribution in [3.05, 3.63) is 12.5 Å². The van der Waals surface area contributed by atoms with E-state index in [0.29, 0.717) is 0 Å². The molecule has 0 aromatic carbocycles. The molecular weight excluding hydrogens is 128 g/mol. The Balaban J connectivity index is 2.57. The molecule has 0 atom stereocenters. The van der Waals surface area contributed by atoms with Gasteiger partial charge in [0.05, 0.1) is 4.85 Å². The zero-order valence-electron chi connectivity index (χ0n) is 6.66. The summed E-state index contributed by atoms with van der Waals surface area (Å²) in [6.07, 6.45) is 3.22. The van der Waals surface area contributed by atoms with Gasteiger partial charge in [-0.1, -0.05) is 20.8 Å². The monoisotopic (exact) mass is 141 g/mol. The fourth-order valence-corrected chi connectivity index (χ4v) is 0.710. The van der Waals surface area contributed by atoms with Crippen LogP contribution in [-0.2, 0) is 6.54 Å². The zero-order chi connectivity index (χ0) is 7.61. The van der Waals surface area contributed by atoms with Crippen LogP contribution in [0.4, 0.5) is 0 Å². The Morgan fingerprint density at radius 2 is 2.20 bits per heavy atom. The van der Waals surface area contributed by atoms with Crippen LogP contribution in [0.2, 0.25) is 0 Å². The first-order valence-electron chi connectivity index (χ1n) is 3.38. The van der Waals surface area contributed by atoms with Gasteiger partial charge in [0, 0.05) is 10.5 Å². The fourth-order valence-electron chi connectivity index (χ4n) is 0.710. The van der Waals surface area contributed by atoms with Crippen molar-refractivity contribution in [3.8, 4) is 0 Å². The van der Waals surface area contributed by atoms with Crippen molar-refractivity contribution >= 4 is 0 Å². The first-order valence-corrected chi connectivity index (χ1v) is 3.38. The van der Waals surface area contributed by atoms with E-state index in [9.17, 15) is 0 Å². The first kappa shape index (κ1) is 7.25. The number of hydrogen-bond acceptors (Lipinski definition) is 2. The molecule has 0 spiro atoms. The van der Waals surface area contributed by atoms with Gasteiger partial charge in [-0.15, -0.1) is 0 Å². The zero-order valence-corrected chi connectivity index (χ0v) is 6.66. The maximum atomic E-state index is 5.02. The Hall–Kier alpha value is -0.860. The third-order valence-corrected chi connectivity index (χ3v) is 1.05. The van der Waals surface area contributed by atoms with Crippen molar-refractivity contribution in [1.29, 1.82) is 0 Å².